The van der Waals surface area contributed by atoms with Gasteiger partial charge in [0.05, 0.1) is 17.8 Å². The summed E-state index contributed by atoms with van der Waals surface area (Å²) in [5.74, 6) is -0.118. The highest BCUT2D eigenvalue weighted by Gasteiger charge is 2.10. The van der Waals surface area contributed by atoms with Gasteiger partial charge in [-0.2, -0.15) is 10.2 Å². The van der Waals surface area contributed by atoms with Gasteiger partial charge >= 0.3 is 0 Å². The number of carbonyl (C=O) groups is 1. The van der Waals surface area contributed by atoms with Gasteiger partial charge in [0.25, 0.3) is 0 Å². The Morgan fingerprint density at radius 1 is 1.31 bits per heavy atom. The Bertz CT molecular complexity index is 937. The van der Waals surface area contributed by atoms with Crippen LogP contribution in [-0.4, -0.2) is 25.5 Å². The Kier molecular flexibility index (Phi) is 5.58. The van der Waals surface area contributed by atoms with Gasteiger partial charge in [-0.1, -0.05) is 29.3 Å². The number of amides is 1. The third-order valence-electron chi connectivity index (χ3n) is 3.75. The van der Waals surface area contributed by atoms with Gasteiger partial charge in [0.1, 0.15) is 5.82 Å². The maximum absolute atomic E-state index is 13.1. The van der Waals surface area contributed by atoms with E-state index < -0.39 is 0 Å². The minimum absolute atomic E-state index is 0.180. The fourth-order valence-corrected chi connectivity index (χ4v) is 2.81. The molecule has 0 spiro atoms. The molecule has 9 heteroatoms. The second-order valence-electron chi connectivity index (χ2n) is 5.78. The van der Waals surface area contributed by atoms with Crippen molar-refractivity contribution in [2.45, 2.75) is 26.4 Å². The first-order chi connectivity index (χ1) is 12.4. The van der Waals surface area contributed by atoms with E-state index >= 15 is 0 Å². The fourth-order valence-electron chi connectivity index (χ4n) is 2.42. The summed E-state index contributed by atoms with van der Waals surface area (Å²) in [7, 11) is 0. The zero-order valence-electron chi connectivity index (χ0n) is 13.9. The smallest absolute Gasteiger partial charge is 0.227 e. The van der Waals surface area contributed by atoms with Crippen LogP contribution in [0.25, 0.3) is 0 Å². The van der Waals surface area contributed by atoms with Crippen LogP contribution >= 0.6 is 23.2 Å². The molecule has 0 bridgehead atoms. The zero-order chi connectivity index (χ0) is 18.7. The Labute approximate surface area is 159 Å². The van der Waals surface area contributed by atoms with Crippen molar-refractivity contribution in [2.24, 2.45) is 0 Å². The van der Waals surface area contributed by atoms with E-state index in [2.05, 4.69) is 15.5 Å². The topological polar surface area (TPSA) is 64.7 Å². The first kappa shape index (κ1) is 18.4. The van der Waals surface area contributed by atoms with Crippen LogP contribution in [0.1, 0.15) is 17.7 Å². The minimum atomic E-state index is -0.387. The monoisotopic (exact) mass is 395 g/mol. The van der Waals surface area contributed by atoms with Gasteiger partial charge < -0.3 is 5.32 Å². The van der Waals surface area contributed by atoms with Gasteiger partial charge in [0, 0.05) is 35.9 Å². The highest BCUT2D eigenvalue weighted by molar-refractivity contribution is 6.31. The highest BCUT2D eigenvalue weighted by Crippen LogP contribution is 2.20. The lowest BCUT2D eigenvalue weighted by Crippen LogP contribution is -2.15. The molecule has 0 fully saturated rings. The van der Waals surface area contributed by atoms with E-state index in [1.165, 1.54) is 18.3 Å². The van der Waals surface area contributed by atoms with Gasteiger partial charge in [-0.25, -0.2) is 4.39 Å². The maximum atomic E-state index is 13.1. The van der Waals surface area contributed by atoms with E-state index in [4.69, 9.17) is 23.2 Å². The third kappa shape index (κ3) is 4.62. The lowest BCUT2D eigenvalue weighted by molar-refractivity contribution is -0.116. The van der Waals surface area contributed by atoms with Crippen LogP contribution < -0.4 is 5.32 Å². The molecule has 2 heterocycles. The molecule has 0 saturated heterocycles. The summed E-state index contributed by atoms with van der Waals surface area (Å²) in [6.07, 6.45) is 3.42. The molecule has 0 radical (unpaired) electrons. The summed E-state index contributed by atoms with van der Waals surface area (Å²) in [5, 5.41) is 12.0. The Morgan fingerprint density at radius 3 is 2.81 bits per heavy atom. The summed E-state index contributed by atoms with van der Waals surface area (Å²) in [4.78, 5) is 12.1. The van der Waals surface area contributed by atoms with Crippen LogP contribution in [0.15, 0.2) is 36.7 Å². The van der Waals surface area contributed by atoms with Crippen molar-refractivity contribution in [3.05, 3.63) is 63.8 Å². The number of anilines is 1. The Hall–Kier alpha value is -2.38. The van der Waals surface area contributed by atoms with Crippen molar-refractivity contribution in [1.82, 2.24) is 19.6 Å². The van der Waals surface area contributed by atoms with Crippen LogP contribution in [0.5, 0.6) is 0 Å². The van der Waals surface area contributed by atoms with E-state index in [0.29, 0.717) is 29.0 Å². The molecule has 1 N–H and O–H groups in total. The zero-order valence-corrected chi connectivity index (χ0v) is 15.4. The SMILES string of the molecule is Cc1cc(NC(=O)CCn2cc(Cl)cn2)nn1Cc1ccc(F)cc1Cl. The van der Waals surface area contributed by atoms with Gasteiger partial charge in [-0.15, -0.1) is 0 Å². The maximum Gasteiger partial charge on any atom is 0.227 e. The van der Waals surface area contributed by atoms with E-state index in [1.54, 1.807) is 27.7 Å². The first-order valence-electron chi connectivity index (χ1n) is 7.87. The lowest BCUT2D eigenvalue weighted by Gasteiger charge is -2.07. The van der Waals surface area contributed by atoms with Crippen molar-refractivity contribution < 1.29 is 9.18 Å². The molecule has 2 aromatic heterocycles. The number of halogens is 3. The van der Waals surface area contributed by atoms with Crippen molar-refractivity contribution >= 4 is 34.9 Å². The van der Waals surface area contributed by atoms with Gasteiger partial charge in [-0.3, -0.25) is 14.2 Å². The number of nitrogens with one attached hydrogen (secondary N) is 1. The largest absolute Gasteiger partial charge is 0.309 e. The van der Waals surface area contributed by atoms with Crippen molar-refractivity contribution in [3.63, 3.8) is 0 Å². The first-order valence-corrected chi connectivity index (χ1v) is 8.62. The van der Waals surface area contributed by atoms with Crippen LogP contribution in [0.3, 0.4) is 0 Å². The van der Waals surface area contributed by atoms with Crippen LogP contribution in [0.4, 0.5) is 10.2 Å². The number of carbonyl (C=O) groups excluding carboxylic acids is 1. The number of rotatable bonds is 6. The molecule has 0 aliphatic heterocycles. The second kappa shape index (κ2) is 7.88. The summed E-state index contributed by atoms with van der Waals surface area (Å²) < 4.78 is 16.4. The second-order valence-corrected chi connectivity index (χ2v) is 6.63. The Morgan fingerprint density at radius 2 is 2.12 bits per heavy atom. The standard InChI is InChI=1S/C17H16Cl2FN5O/c1-11-6-16(22-17(26)4-5-24-10-13(18)8-21-24)23-25(11)9-12-2-3-14(20)7-15(12)19/h2-3,6-8,10H,4-5,9H2,1H3,(H,22,23,26). The molecule has 1 amide bonds. The molecule has 0 atom stereocenters. The molecule has 136 valence electrons. The normalized spacial score (nSPS) is 10.9. The predicted molar refractivity (Wildman–Crippen MR) is 98.0 cm³/mol. The molecule has 1 aromatic carbocycles. The Balaban J connectivity index is 1.61. The molecular weight excluding hydrogens is 380 g/mol. The quantitative estimate of drug-likeness (QED) is 0.687. The van der Waals surface area contributed by atoms with Crippen LogP contribution in [-0.2, 0) is 17.9 Å². The molecule has 0 aliphatic carbocycles. The number of hydrogen-bond donors (Lipinski definition) is 1. The summed E-state index contributed by atoms with van der Waals surface area (Å²) in [5.41, 5.74) is 1.59. The fraction of sp³-hybridized carbons (Fsp3) is 0.235. The number of hydrogen-bond acceptors (Lipinski definition) is 3. The molecule has 6 nitrogen and oxygen atoms in total. The van der Waals surface area contributed by atoms with Crippen molar-refractivity contribution in [3.8, 4) is 0 Å². The number of aromatic nitrogens is 4. The molecule has 0 aliphatic rings. The van der Waals surface area contributed by atoms with E-state index in [9.17, 15) is 9.18 Å². The molecule has 3 rings (SSSR count). The molecule has 0 unspecified atom stereocenters. The van der Waals surface area contributed by atoms with Gasteiger partial charge in [0.2, 0.25) is 5.91 Å². The summed E-state index contributed by atoms with van der Waals surface area (Å²) in [6, 6.07) is 6.00. The van der Waals surface area contributed by atoms with Crippen molar-refractivity contribution in [1.29, 1.82) is 0 Å². The lowest BCUT2D eigenvalue weighted by atomic mass is 10.2. The number of nitrogens with zero attached hydrogens (tertiary/aromatic N) is 4. The van der Waals surface area contributed by atoms with E-state index in [-0.39, 0.29) is 18.1 Å². The van der Waals surface area contributed by atoms with Crippen LogP contribution in [0.2, 0.25) is 10.0 Å². The molecular formula is C17H16Cl2FN5O. The minimum Gasteiger partial charge on any atom is -0.309 e. The van der Waals surface area contributed by atoms with E-state index in [0.717, 1.165) is 11.3 Å². The number of aryl methyl sites for hydroxylation is 2. The van der Waals surface area contributed by atoms with Crippen molar-refractivity contribution in [2.75, 3.05) is 5.32 Å². The summed E-state index contributed by atoms with van der Waals surface area (Å²) in [6.45, 7) is 2.67. The average molecular weight is 396 g/mol. The molecule has 26 heavy (non-hydrogen) atoms. The average Bonchev–Trinajstić information content (AvgIpc) is 3.14. The predicted octanol–water partition coefficient (Wildman–Crippen LogP) is 3.91. The van der Waals surface area contributed by atoms with Crippen LogP contribution in [0, 0.1) is 12.7 Å². The molecule has 3 aromatic rings. The molecule has 0 saturated carbocycles. The third-order valence-corrected chi connectivity index (χ3v) is 4.30. The van der Waals surface area contributed by atoms with Gasteiger partial charge in [0.15, 0.2) is 5.82 Å². The van der Waals surface area contributed by atoms with Gasteiger partial charge in [-0.05, 0) is 24.6 Å². The number of benzene rings is 1. The summed E-state index contributed by atoms with van der Waals surface area (Å²) >= 11 is 11.8. The highest BCUT2D eigenvalue weighted by atomic mass is 35.5. The van der Waals surface area contributed by atoms with E-state index in [1.807, 2.05) is 6.92 Å².